The molecule has 0 fully saturated rings. The van der Waals surface area contributed by atoms with Crippen molar-refractivity contribution in [1.82, 2.24) is 0 Å². The summed E-state index contributed by atoms with van der Waals surface area (Å²) in [5.74, 6) is -2.53. The van der Waals surface area contributed by atoms with Crippen LogP contribution in [0.4, 0.5) is 0 Å². The molecule has 0 radical (unpaired) electrons. The lowest BCUT2D eigenvalue weighted by molar-refractivity contribution is -0.131. The highest BCUT2D eigenvalue weighted by Crippen LogP contribution is 2.30. The van der Waals surface area contributed by atoms with Crippen LogP contribution >= 0.6 is 11.6 Å². The molecule has 32 heavy (non-hydrogen) atoms. The summed E-state index contributed by atoms with van der Waals surface area (Å²) in [5, 5.41) is 0.0754. The largest absolute Gasteiger partial charge is 0.422 e. The Bertz CT molecular complexity index is 1150. The first-order chi connectivity index (χ1) is 15.3. The normalized spacial score (nSPS) is 10.2. The third kappa shape index (κ3) is 6.65. The topological polar surface area (TPSA) is 96.0 Å². The molecule has 162 valence electrons. The van der Waals surface area contributed by atoms with Gasteiger partial charge in [0.2, 0.25) is 0 Å². The highest BCUT2D eigenvalue weighted by atomic mass is 35.5. The third-order valence-electron chi connectivity index (χ3n) is 3.74. The van der Waals surface area contributed by atoms with Gasteiger partial charge in [0.1, 0.15) is 5.75 Å². The first-order valence-corrected chi connectivity index (χ1v) is 9.34. The first kappa shape index (κ1) is 24.0. The van der Waals surface area contributed by atoms with Crippen molar-refractivity contribution in [2.24, 2.45) is 0 Å². The van der Waals surface area contributed by atoms with E-state index < -0.39 is 17.9 Å². The monoisotopic (exact) mass is 452 g/mol. The van der Waals surface area contributed by atoms with Gasteiger partial charge >= 0.3 is 17.9 Å². The smallest absolute Gasteiger partial charge is 0.335 e. The summed E-state index contributed by atoms with van der Waals surface area (Å²) in [4.78, 5) is 46.8. The summed E-state index contributed by atoms with van der Waals surface area (Å²) < 4.78 is 15.1. The van der Waals surface area contributed by atoms with Crippen molar-refractivity contribution < 1.29 is 33.4 Å². The van der Waals surface area contributed by atoms with Crippen LogP contribution in [0.3, 0.4) is 0 Å². The standard InChI is InChI=1S/C24H17ClO7/c1-4-22(27)30-19-12-9-16(14-17(19)25)18(26)10-7-15-8-11-20(31-23(28)5-2)21(13-15)32-24(29)6-3/h4-14H,1-3H2/b10-7+. The minimum atomic E-state index is -0.759. The van der Waals surface area contributed by atoms with Crippen LogP contribution in [-0.4, -0.2) is 23.7 Å². The van der Waals surface area contributed by atoms with E-state index in [2.05, 4.69) is 19.7 Å². The molecule has 0 bridgehead atoms. The SMILES string of the molecule is C=CC(=O)Oc1ccc(C(=O)/C=C/c2ccc(OC(=O)C=C)c(OC(=O)C=C)c2)cc1Cl. The van der Waals surface area contributed by atoms with Crippen molar-refractivity contribution in [3.8, 4) is 17.2 Å². The maximum absolute atomic E-state index is 12.5. The molecule has 0 aliphatic rings. The Kier molecular flexibility index (Phi) is 8.45. The quantitative estimate of drug-likeness (QED) is 0.239. The summed E-state index contributed by atoms with van der Waals surface area (Å²) in [6.07, 6.45) is 5.63. The van der Waals surface area contributed by atoms with Gasteiger partial charge in [-0.25, -0.2) is 14.4 Å². The van der Waals surface area contributed by atoms with Gasteiger partial charge in [-0.3, -0.25) is 4.79 Å². The van der Waals surface area contributed by atoms with Crippen LogP contribution in [0, 0.1) is 0 Å². The Balaban J connectivity index is 2.25. The highest BCUT2D eigenvalue weighted by Gasteiger charge is 2.13. The van der Waals surface area contributed by atoms with E-state index in [-0.39, 0.29) is 33.6 Å². The van der Waals surface area contributed by atoms with Crippen molar-refractivity contribution in [2.75, 3.05) is 0 Å². The van der Waals surface area contributed by atoms with Gasteiger partial charge in [-0.05, 0) is 42.0 Å². The van der Waals surface area contributed by atoms with Crippen LogP contribution < -0.4 is 14.2 Å². The van der Waals surface area contributed by atoms with E-state index in [4.69, 9.17) is 25.8 Å². The molecule has 0 aliphatic carbocycles. The summed E-state index contributed by atoms with van der Waals surface area (Å²) in [6, 6.07) is 8.54. The molecular formula is C24H17ClO7. The van der Waals surface area contributed by atoms with Crippen LogP contribution in [0.25, 0.3) is 6.08 Å². The average molecular weight is 453 g/mol. The van der Waals surface area contributed by atoms with Gasteiger partial charge in [-0.2, -0.15) is 0 Å². The van der Waals surface area contributed by atoms with E-state index in [0.717, 1.165) is 18.2 Å². The predicted octanol–water partition coefficient (Wildman–Crippen LogP) is 4.51. The van der Waals surface area contributed by atoms with Crippen LogP contribution in [-0.2, 0) is 14.4 Å². The molecule has 0 saturated heterocycles. The highest BCUT2D eigenvalue weighted by molar-refractivity contribution is 6.32. The third-order valence-corrected chi connectivity index (χ3v) is 4.04. The fourth-order valence-corrected chi connectivity index (χ4v) is 2.47. The van der Waals surface area contributed by atoms with Crippen LogP contribution in [0.15, 0.2) is 80.4 Å². The number of allylic oxidation sites excluding steroid dienone is 1. The van der Waals surface area contributed by atoms with E-state index in [9.17, 15) is 19.2 Å². The zero-order valence-electron chi connectivity index (χ0n) is 16.7. The number of hydrogen-bond donors (Lipinski definition) is 0. The Morgan fingerprint density at radius 1 is 0.719 bits per heavy atom. The molecule has 0 amide bonds. The second kappa shape index (κ2) is 11.2. The maximum Gasteiger partial charge on any atom is 0.335 e. The number of esters is 3. The van der Waals surface area contributed by atoms with Gasteiger partial charge in [-0.15, -0.1) is 0 Å². The zero-order chi connectivity index (χ0) is 23.7. The minimum Gasteiger partial charge on any atom is -0.422 e. The fourth-order valence-electron chi connectivity index (χ4n) is 2.25. The lowest BCUT2D eigenvalue weighted by Gasteiger charge is -2.09. The first-order valence-electron chi connectivity index (χ1n) is 8.96. The van der Waals surface area contributed by atoms with Crippen molar-refractivity contribution in [2.45, 2.75) is 0 Å². The Labute approximate surface area is 188 Å². The summed E-state index contributed by atoms with van der Waals surface area (Å²) in [6.45, 7) is 9.91. The fraction of sp³-hybridized carbons (Fsp3) is 0. The predicted molar refractivity (Wildman–Crippen MR) is 119 cm³/mol. The maximum atomic E-state index is 12.5. The molecule has 2 aromatic rings. The number of carbonyl (C=O) groups excluding carboxylic acids is 4. The van der Waals surface area contributed by atoms with E-state index >= 15 is 0 Å². The van der Waals surface area contributed by atoms with Gasteiger partial charge in [0.25, 0.3) is 0 Å². The summed E-state index contributed by atoms with van der Waals surface area (Å²) >= 11 is 6.05. The minimum absolute atomic E-state index is 0.00924. The van der Waals surface area contributed by atoms with Gasteiger partial charge in [-0.1, -0.05) is 43.5 Å². The number of ether oxygens (including phenoxy) is 3. The second-order valence-electron chi connectivity index (χ2n) is 5.92. The van der Waals surface area contributed by atoms with Crippen molar-refractivity contribution in [3.05, 3.63) is 96.6 Å². The molecule has 7 nitrogen and oxygen atoms in total. The number of hydrogen-bond acceptors (Lipinski definition) is 7. The van der Waals surface area contributed by atoms with Crippen molar-refractivity contribution in [3.63, 3.8) is 0 Å². The molecule has 0 heterocycles. The van der Waals surface area contributed by atoms with Crippen LogP contribution in [0.5, 0.6) is 17.2 Å². The number of benzene rings is 2. The number of carbonyl (C=O) groups is 4. The number of rotatable bonds is 9. The second-order valence-corrected chi connectivity index (χ2v) is 6.33. The van der Waals surface area contributed by atoms with Gasteiger partial charge < -0.3 is 14.2 Å². The van der Waals surface area contributed by atoms with Gasteiger partial charge in [0.15, 0.2) is 17.3 Å². The Morgan fingerprint density at radius 2 is 1.25 bits per heavy atom. The summed E-state index contributed by atoms with van der Waals surface area (Å²) in [7, 11) is 0. The Morgan fingerprint density at radius 3 is 1.81 bits per heavy atom. The molecule has 0 spiro atoms. The van der Waals surface area contributed by atoms with E-state index in [1.54, 1.807) is 6.07 Å². The van der Waals surface area contributed by atoms with Crippen LogP contribution in [0.1, 0.15) is 15.9 Å². The van der Waals surface area contributed by atoms with Crippen LogP contribution in [0.2, 0.25) is 5.02 Å². The molecule has 0 saturated carbocycles. The average Bonchev–Trinajstić information content (AvgIpc) is 2.79. The van der Waals surface area contributed by atoms with Crippen molar-refractivity contribution in [1.29, 1.82) is 0 Å². The molecule has 0 atom stereocenters. The van der Waals surface area contributed by atoms with Crippen molar-refractivity contribution >= 4 is 41.4 Å². The van der Waals surface area contributed by atoms with Gasteiger partial charge in [0, 0.05) is 23.8 Å². The lowest BCUT2D eigenvalue weighted by atomic mass is 10.1. The van der Waals surface area contributed by atoms with E-state index in [1.807, 2.05) is 0 Å². The Hall–Kier alpha value is -4.23. The molecule has 0 N–H and O–H groups in total. The molecular weight excluding hydrogens is 436 g/mol. The van der Waals surface area contributed by atoms with E-state index in [1.165, 1.54) is 42.5 Å². The molecule has 0 unspecified atom stereocenters. The van der Waals surface area contributed by atoms with E-state index in [0.29, 0.717) is 5.56 Å². The zero-order valence-corrected chi connectivity index (χ0v) is 17.5. The molecule has 2 aromatic carbocycles. The summed E-state index contributed by atoms with van der Waals surface area (Å²) in [5.41, 5.74) is 0.728. The molecule has 0 aliphatic heterocycles. The number of ketones is 1. The van der Waals surface area contributed by atoms with Gasteiger partial charge in [0.05, 0.1) is 5.02 Å². The number of halogens is 1. The molecule has 2 rings (SSSR count). The lowest BCUT2D eigenvalue weighted by Crippen LogP contribution is -2.08. The molecule has 8 heteroatoms. The molecule has 0 aromatic heterocycles.